The fourth-order valence-corrected chi connectivity index (χ4v) is 6.75. The largest absolute Gasteiger partial charge is 0.380 e. The Kier molecular flexibility index (Phi) is 9.46. The summed E-state index contributed by atoms with van der Waals surface area (Å²) in [6.45, 7) is 5.00. The minimum absolute atomic E-state index is 0.140. The number of piperidine rings is 1. The molecule has 3 aromatic rings. The van der Waals surface area contributed by atoms with Gasteiger partial charge in [0.1, 0.15) is 17.2 Å². The van der Waals surface area contributed by atoms with E-state index in [4.69, 9.17) is 20.4 Å². The summed E-state index contributed by atoms with van der Waals surface area (Å²) in [7, 11) is 0. The lowest BCUT2D eigenvalue weighted by Crippen LogP contribution is -2.33. The van der Waals surface area contributed by atoms with E-state index in [-0.39, 0.29) is 23.8 Å². The number of rotatable bonds is 10. The van der Waals surface area contributed by atoms with Crippen LogP contribution in [0, 0.1) is 17.6 Å². The number of hydrogen-bond acceptors (Lipinski definition) is 8. The topological polar surface area (TPSA) is 106 Å². The van der Waals surface area contributed by atoms with Gasteiger partial charge < -0.3 is 26.0 Å². The summed E-state index contributed by atoms with van der Waals surface area (Å²) in [5.74, 6) is 0.301. The van der Waals surface area contributed by atoms with Crippen LogP contribution < -0.4 is 16.4 Å². The highest BCUT2D eigenvalue weighted by molar-refractivity contribution is 5.76. The van der Waals surface area contributed by atoms with Crippen LogP contribution >= 0.6 is 0 Å². The Morgan fingerprint density at radius 2 is 1.74 bits per heavy atom. The number of anilines is 3. The molecule has 0 spiro atoms. The van der Waals surface area contributed by atoms with Crippen LogP contribution in [0.15, 0.2) is 24.4 Å². The van der Waals surface area contributed by atoms with E-state index in [1.807, 2.05) is 0 Å². The molecule has 9 nitrogen and oxygen atoms in total. The van der Waals surface area contributed by atoms with Crippen LogP contribution in [-0.4, -0.2) is 69.4 Å². The van der Waals surface area contributed by atoms with E-state index in [9.17, 15) is 8.78 Å². The van der Waals surface area contributed by atoms with Crippen LogP contribution in [0.2, 0.25) is 0 Å². The summed E-state index contributed by atoms with van der Waals surface area (Å²) >= 11 is 0. The second kappa shape index (κ2) is 13.6. The van der Waals surface area contributed by atoms with E-state index >= 15 is 0 Å². The second-order valence-electron chi connectivity index (χ2n) is 12.4. The van der Waals surface area contributed by atoms with Gasteiger partial charge in [0.15, 0.2) is 5.65 Å². The molecule has 2 aliphatic carbocycles. The molecule has 0 unspecified atom stereocenters. The fourth-order valence-electron chi connectivity index (χ4n) is 6.75. The average molecular weight is 583 g/mol. The summed E-state index contributed by atoms with van der Waals surface area (Å²) in [5, 5.41) is 6.62. The zero-order chi connectivity index (χ0) is 28.9. The molecule has 0 radical (unpaired) electrons. The number of nitrogens with two attached hydrogens (primary N) is 1. The lowest BCUT2D eigenvalue weighted by molar-refractivity contribution is 0.0587. The van der Waals surface area contributed by atoms with E-state index in [0.717, 1.165) is 77.2 Å². The maximum absolute atomic E-state index is 14.6. The third kappa shape index (κ3) is 7.18. The van der Waals surface area contributed by atoms with Gasteiger partial charge in [-0.05, 0) is 95.3 Å². The van der Waals surface area contributed by atoms with Gasteiger partial charge in [-0.3, -0.25) is 4.57 Å². The van der Waals surface area contributed by atoms with E-state index in [2.05, 4.69) is 25.1 Å². The lowest BCUT2D eigenvalue weighted by Gasteiger charge is -2.31. The van der Waals surface area contributed by atoms with Crippen molar-refractivity contribution in [2.75, 3.05) is 43.5 Å². The predicted molar refractivity (Wildman–Crippen MR) is 161 cm³/mol. The van der Waals surface area contributed by atoms with Gasteiger partial charge in [-0.15, -0.1) is 0 Å². The minimum Gasteiger partial charge on any atom is -0.380 e. The number of nitrogens with zero attached hydrogens (tertiary/aromatic N) is 5. The average Bonchev–Trinajstić information content (AvgIpc) is 3.36. The van der Waals surface area contributed by atoms with E-state index in [1.165, 1.54) is 44.5 Å². The van der Waals surface area contributed by atoms with Crippen LogP contribution in [-0.2, 0) is 4.74 Å². The number of halogens is 2. The first-order valence-corrected chi connectivity index (χ1v) is 15.8. The first kappa shape index (κ1) is 29.2. The van der Waals surface area contributed by atoms with Gasteiger partial charge in [0.25, 0.3) is 0 Å². The molecule has 1 aliphatic heterocycles. The van der Waals surface area contributed by atoms with Crippen molar-refractivity contribution in [3.05, 3.63) is 36.0 Å². The molecule has 3 aliphatic rings. The molecule has 0 amide bonds. The monoisotopic (exact) mass is 582 g/mol. The molecule has 0 atom stereocenters. The van der Waals surface area contributed by atoms with Crippen molar-refractivity contribution in [3.63, 3.8) is 0 Å². The maximum Gasteiger partial charge on any atom is 0.224 e. The number of nitrogens with one attached hydrogen (secondary N) is 2. The van der Waals surface area contributed by atoms with Crippen molar-refractivity contribution < 1.29 is 13.5 Å². The molecular formula is C31H44F2N8O. The first-order valence-electron chi connectivity index (χ1n) is 15.8. The molecule has 1 aromatic carbocycles. The molecule has 6 rings (SSSR count). The molecule has 0 bridgehead atoms. The SMILES string of the molecule is NC1CCC(Nc2ncc3nc(Nc4ccc(F)cc4F)n(C4CCC(COCCN5CCCCC5)CC4)c3n2)CC1. The number of likely N-dealkylation sites (tertiary alicyclic amines) is 1. The van der Waals surface area contributed by atoms with Crippen molar-refractivity contribution in [2.24, 2.45) is 11.7 Å². The molecule has 42 heavy (non-hydrogen) atoms. The minimum atomic E-state index is -0.664. The van der Waals surface area contributed by atoms with Crippen LogP contribution in [0.3, 0.4) is 0 Å². The highest BCUT2D eigenvalue weighted by atomic mass is 19.1. The Hall–Kier alpha value is -2.89. The summed E-state index contributed by atoms with van der Waals surface area (Å²) in [6, 6.07) is 4.22. The van der Waals surface area contributed by atoms with Gasteiger partial charge in [-0.25, -0.2) is 18.7 Å². The van der Waals surface area contributed by atoms with Crippen LogP contribution in [0.4, 0.5) is 26.4 Å². The number of aromatic nitrogens is 4. The Morgan fingerprint density at radius 1 is 0.952 bits per heavy atom. The third-order valence-corrected chi connectivity index (χ3v) is 9.25. The van der Waals surface area contributed by atoms with E-state index < -0.39 is 11.6 Å². The lowest BCUT2D eigenvalue weighted by atomic mass is 9.86. The van der Waals surface area contributed by atoms with Crippen molar-refractivity contribution in [1.29, 1.82) is 0 Å². The molecule has 4 N–H and O–H groups in total. The maximum atomic E-state index is 14.6. The number of imidazole rings is 1. The van der Waals surface area contributed by atoms with Crippen molar-refractivity contribution in [1.82, 2.24) is 24.4 Å². The Balaban J connectivity index is 1.16. The van der Waals surface area contributed by atoms with Crippen LogP contribution in [0.1, 0.15) is 76.7 Å². The highest BCUT2D eigenvalue weighted by Gasteiger charge is 2.28. The van der Waals surface area contributed by atoms with Crippen LogP contribution in [0.25, 0.3) is 11.2 Å². The predicted octanol–water partition coefficient (Wildman–Crippen LogP) is 5.76. The fraction of sp³-hybridized carbons (Fsp3) is 0.645. The zero-order valence-electron chi connectivity index (χ0n) is 24.4. The third-order valence-electron chi connectivity index (χ3n) is 9.25. The van der Waals surface area contributed by atoms with Crippen molar-refractivity contribution in [3.8, 4) is 0 Å². The standard InChI is InChI=1S/C31H44F2N8O/c32-22-6-13-27(26(33)18-22)37-31-38-28-19-35-30(36-24-9-7-23(34)8-10-24)39-29(28)41(31)25-11-4-21(5-12-25)20-42-17-16-40-14-2-1-3-15-40/h6,13,18-19,21,23-25H,1-5,7-12,14-17,20,34H2,(H,37,38)(H,35,36,39). The number of benzene rings is 1. The summed E-state index contributed by atoms with van der Waals surface area (Å²) < 4.78 is 36.4. The Bertz CT molecular complexity index is 1310. The summed E-state index contributed by atoms with van der Waals surface area (Å²) in [4.78, 5) is 16.7. The van der Waals surface area contributed by atoms with Gasteiger partial charge in [0.05, 0.1) is 18.5 Å². The molecule has 3 heterocycles. The van der Waals surface area contributed by atoms with Gasteiger partial charge >= 0.3 is 0 Å². The van der Waals surface area contributed by atoms with E-state index in [0.29, 0.717) is 29.0 Å². The molecule has 3 fully saturated rings. The van der Waals surface area contributed by atoms with Gasteiger partial charge in [-0.2, -0.15) is 4.98 Å². The van der Waals surface area contributed by atoms with Crippen LogP contribution in [0.5, 0.6) is 0 Å². The molecule has 1 saturated heterocycles. The Labute approximate surface area is 246 Å². The highest BCUT2D eigenvalue weighted by Crippen LogP contribution is 2.37. The number of fused-ring (bicyclic) bond motifs is 1. The van der Waals surface area contributed by atoms with Gasteiger partial charge in [0, 0.05) is 37.3 Å². The van der Waals surface area contributed by atoms with E-state index in [1.54, 1.807) is 6.20 Å². The molecule has 11 heteroatoms. The quantitative estimate of drug-likeness (QED) is 0.259. The molecule has 228 valence electrons. The van der Waals surface area contributed by atoms with Gasteiger partial charge in [-0.1, -0.05) is 6.42 Å². The number of hydrogen-bond donors (Lipinski definition) is 3. The number of ether oxygens (including phenoxy) is 1. The molecule has 2 saturated carbocycles. The zero-order valence-corrected chi connectivity index (χ0v) is 24.4. The summed E-state index contributed by atoms with van der Waals surface area (Å²) in [6.07, 6.45) is 13.6. The molecule has 2 aromatic heterocycles. The van der Waals surface area contributed by atoms with Gasteiger partial charge in [0.2, 0.25) is 11.9 Å². The van der Waals surface area contributed by atoms with Crippen molar-refractivity contribution >= 4 is 28.7 Å². The summed E-state index contributed by atoms with van der Waals surface area (Å²) in [5.41, 5.74) is 7.62. The molecular weight excluding hydrogens is 538 g/mol. The first-order chi connectivity index (χ1) is 20.5. The normalized spacial score (nSPS) is 25.5. The Morgan fingerprint density at radius 3 is 2.50 bits per heavy atom. The smallest absolute Gasteiger partial charge is 0.224 e. The van der Waals surface area contributed by atoms with Crippen molar-refractivity contribution in [2.45, 2.75) is 88.8 Å². The second-order valence-corrected chi connectivity index (χ2v) is 12.4.